The third-order valence-electron chi connectivity index (χ3n) is 4.93. The first kappa shape index (κ1) is 20.2. The Balaban J connectivity index is 1.62. The molecule has 2 aliphatic rings. The highest BCUT2D eigenvalue weighted by molar-refractivity contribution is 7.89. The van der Waals surface area contributed by atoms with Crippen molar-refractivity contribution in [2.24, 2.45) is 0 Å². The number of rotatable bonds is 5. The Morgan fingerprint density at radius 1 is 1.15 bits per heavy atom. The summed E-state index contributed by atoms with van der Waals surface area (Å²) >= 11 is 0. The highest BCUT2D eigenvalue weighted by Crippen LogP contribution is 2.20. The Labute approximate surface area is 160 Å². The van der Waals surface area contributed by atoms with Crippen molar-refractivity contribution in [3.8, 4) is 0 Å². The standard InChI is InChI=1S/C18H27N3O5S/c1-14-13-20(7-12-26-14)15(2)18(22)19-16-3-5-17(6-4-16)27(23,24)21-8-10-25-11-9-21/h3-6,14-15H,7-13H2,1-2H3,(H,19,22)/t14-,15+/m0/s1. The number of carbonyl (C=O) groups excluding carboxylic acids is 1. The summed E-state index contributed by atoms with van der Waals surface area (Å²) in [6.07, 6.45) is 0.110. The van der Waals surface area contributed by atoms with Gasteiger partial charge in [0.1, 0.15) is 0 Å². The van der Waals surface area contributed by atoms with E-state index in [2.05, 4.69) is 10.2 Å². The number of hydrogen-bond acceptors (Lipinski definition) is 6. The van der Waals surface area contributed by atoms with Crippen molar-refractivity contribution in [2.75, 3.05) is 51.3 Å². The Hall–Kier alpha value is -1.52. The number of amides is 1. The number of anilines is 1. The highest BCUT2D eigenvalue weighted by Gasteiger charge is 2.27. The quantitative estimate of drug-likeness (QED) is 0.789. The molecule has 0 bridgehead atoms. The first-order chi connectivity index (χ1) is 12.9. The van der Waals surface area contributed by atoms with Crippen LogP contribution in [-0.4, -0.2) is 81.7 Å². The minimum absolute atomic E-state index is 0.110. The number of morpholine rings is 2. The molecule has 0 saturated carbocycles. The average molecular weight is 397 g/mol. The summed E-state index contributed by atoms with van der Waals surface area (Å²) < 4.78 is 37.4. The first-order valence-electron chi connectivity index (χ1n) is 9.22. The molecule has 0 aliphatic carbocycles. The molecule has 2 aliphatic heterocycles. The Morgan fingerprint density at radius 3 is 2.44 bits per heavy atom. The molecule has 0 spiro atoms. The second kappa shape index (κ2) is 8.66. The zero-order valence-electron chi connectivity index (χ0n) is 15.8. The van der Waals surface area contributed by atoms with Crippen LogP contribution in [0.5, 0.6) is 0 Å². The molecule has 2 saturated heterocycles. The van der Waals surface area contributed by atoms with Gasteiger partial charge in [0.15, 0.2) is 0 Å². The normalized spacial score (nSPS) is 23.7. The summed E-state index contributed by atoms with van der Waals surface area (Å²) in [5.74, 6) is -0.118. The summed E-state index contributed by atoms with van der Waals surface area (Å²) in [5.41, 5.74) is 0.578. The van der Waals surface area contributed by atoms with Crippen molar-refractivity contribution in [3.63, 3.8) is 0 Å². The number of hydrogen-bond donors (Lipinski definition) is 1. The van der Waals surface area contributed by atoms with Gasteiger partial charge in [-0.2, -0.15) is 4.31 Å². The molecule has 8 nitrogen and oxygen atoms in total. The van der Waals surface area contributed by atoms with Crippen LogP contribution in [0.25, 0.3) is 0 Å². The Morgan fingerprint density at radius 2 is 1.81 bits per heavy atom. The predicted octanol–water partition coefficient (Wildman–Crippen LogP) is 0.755. The number of carbonyl (C=O) groups is 1. The third kappa shape index (κ3) is 4.85. The first-order valence-corrected chi connectivity index (χ1v) is 10.7. The van der Waals surface area contributed by atoms with Gasteiger partial charge in [-0.1, -0.05) is 0 Å². The van der Waals surface area contributed by atoms with E-state index < -0.39 is 10.0 Å². The van der Waals surface area contributed by atoms with Crippen molar-refractivity contribution in [1.82, 2.24) is 9.21 Å². The van der Waals surface area contributed by atoms with Crippen LogP contribution in [0.3, 0.4) is 0 Å². The minimum Gasteiger partial charge on any atom is -0.379 e. The summed E-state index contributed by atoms with van der Waals surface area (Å²) in [7, 11) is -3.53. The molecule has 1 N–H and O–H groups in total. The Kier molecular flexibility index (Phi) is 6.48. The van der Waals surface area contributed by atoms with E-state index in [0.29, 0.717) is 45.1 Å². The van der Waals surface area contributed by atoms with Crippen LogP contribution in [0, 0.1) is 0 Å². The molecule has 3 rings (SSSR count). The summed E-state index contributed by atoms with van der Waals surface area (Å²) in [5, 5.41) is 2.86. The fourth-order valence-electron chi connectivity index (χ4n) is 3.26. The maximum Gasteiger partial charge on any atom is 0.243 e. The highest BCUT2D eigenvalue weighted by atomic mass is 32.2. The van der Waals surface area contributed by atoms with Crippen LogP contribution in [0.2, 0.25) is 0 Å². The second-order valence-corrected chi connectivity index (χ2v) is 8.82. The number of nitrogens with zero attached hydrogens (tertiary/aromatic N) is 2. The number of sulfonamides is 1. The molecule has 0 unspecified atom stereocenters. The SMILES string of the molecule is C[C@H](C(=O)Nc1ccc(S(=O)(=O)N2CCOCC2)cc1)N1CCO[C@@H](C)C1. The van der Waals surface area contributed by atoms with Crippen molar-refractivity contribution in [3.05, 3.63) is 24.3 Å². The van der Waals surface area contributed by atoms with Gasteiger partial charge in [-0.3, -0.25) is 9.69 Å². The molecule has 1 aromatic carbocycles. The van der Waals surface area contributed by atoms with Crippen LogP contribution in [0.4, 0.5) is 5.69 Å². The molecule has 9 heteroatoms. The number of benzene rings is 1. The van der Waals surface area contributed by atoms with Crippen molar-refractivity contribution in [2.45, 2.75) is 30.9 Å². The second-order valence-electron chi connectivity index (χ2n) is 6.88. The van der Waals surface area contributed by atoms with E-state index in [1.165, 1.54) is 16.4 Å². The number of ether oxygens (including phenoxy) is 2. The van der Waals surface area contributed by atoms with Crippen molar-refractivity contribution in [1.29, 1.82) is 0 Å². The molecule has 1 amide bonds. The van der Waals surface area contributed by atoms with Gasteiger partial charge in [0.2, 0.25) is 15.9 Å². The molecule has 27 heavy (non-hydrogen) atoms. The molecule has 0 radical (unpaired) electrons. The van der Waals surface area contributed by atoms with E-state index in [0.717, 1.165) is 6.54 Å². The van der Waals surface area contributed by atoms with E-state index in [4.69, 9.17) is 9.47 Å². The molecule has 2 heterocycles. The summed E-state index contributed by atoms with van der Waals surface area (Å²) in [6.45, 7) is 7.44. The third-order valence-corrected chi connectivity index (χ3v) is 6.84. The molecule has 2 fully saturated rings. The maximum atomic E-state index is 12.6. The van der Waals surface area contributed by atoms with Gasteiger partial charge in [-0.15, -0.1) is 0 Å². The molecular weight excluding hydrogens is 370 g/mol. The van der Waals surface area contributed by atoms with Crippen LogP contribution in [0.1, 0.15) is 13.8 Å². The Bertz CT molecular complexity index is 747. The van der Waals surface area contributed by atoms with E-state index >= 15 is 0 Å². The minimum atomic E-state index is -3.53. The molecule has 0 aromatic heterocycles. The largest absolute Gasteiger partial charge is 0.379 e. The molecule has 2 atom stereocenters. The van der Waals surface area contributed by atoms with Crippen molar-refractivity contribution >= 4 is 21.6 Å². The van der Waals surface area contributed by atoms with E-state index in [1.807, 2.05) is 13.8 Å². The van der Waals surface area contributed by atoms with Crippen LogP contribution < -0.4 is 5.32 Å². The summed E-state index contributed by atoms with van der Waals surface area (Å²) in [4.78, 5) is 14.8. The topological polar surface area (TPSA) is 88.2 Å². The lowest BCUT2D eigenvalue weighted by atomic mass is 10.2. The fraction of sp³-hybridized carbons (Fsp3) is 0.611. The fourth-order valence-corrected chi connectivity index (χ4v) is 4.66. The zero-order valence-corrected chi connectivity index (χ0v) is 16.6. The van der Waals surface area contributed by atoms with Crippen molar-refractivity contribution < 1.29 is 22.7 Å². The predicted molar refractivity (Wildman–Crippen MR) is 101 cm³/mol. The van der Waals surface area contributed by atoms with Gasteiger partial charge >= 0.3 is 0 Å². The molecule has 1 aromatic rings. The zero-order chi connectivity index (χ0) is 19.4. The van der Waals surface area contributed by atoms with Crippen LogP contribution in [0.15, 0.2) is 29.2 Å². The summed E-state index contributed by atoms with van der Waals surface area (Å²) in [6, 6.07) is 6.02. The molecular formula is C18H27N3O5S. The van der Waals surface area contributed by atoms with Gasteiger partial charge in [0.25, 0.3) is 0 Å². The van der Waals surface area contributed by atoms with E-state index in [-0.39, 0.29) is 22.9 Å². The van der Waals surface area contributed by atoms with Crippen LogP contribution in [-0.2, 0) is 24.3 Å². The molecule has 150 valence electrons. The lowest BCUT2D eigenvalue weighted by molar-refractivity contribution is -0.123. The van der Waals surface area contributed by atoms with Gasteiger partial charge in [0.05, 0.1) is 36.9 Å². The lowest BCUT2D eigenvalue weighted by Gasteiger charge is -2.34. The number of nitrogens with one attached hydrogen (secondary N) is 1. The smallest absolute Gasteiger partial charge is 0.243 e. The van der Waals surface area contributed by atoms with E-state index in [9.17, 15) is 13.2 Å². The van der Waals surface area contributed by atoms with Crippen LogP contribution >= 0.6 is 0 Å². The van der Waals surface area contributed by atoms with Gasteiger partial charge in [0, 0.05) is 31.9 Å². The van der Waals surface area contributed by atoms with E-state index in [1.54, 1.807) is 12.1 Å². The maximum absolute atomic E-state index is 12.6. The lowest BCUT2D eigenvalue weighted by Crippen LogP contribution is -2.50. The van der Waals surface area contributed by atoms with Gasteiger partial charge in [-0.05, 0) is 38.1 Å². The average Bonchev–Trinajstić information content (AvgIpc) is 2.68. The van der Waals surface area contributed by atoms with Gasteiger partial charge < -0.3 is 14.8 Å². The van der Waals surface area contributed by atoms with Gasteiger partial charge in [-0.25, -0.2) is 8.42 Å². The monoisotopic (exact) mass is 397 g/mol.